The van der Waals surface area contributed by atoms with Gasteiger partial charge in [-0.05, 0) is 54.7 Å². The van der Waals surface area contributed by atoms with Gasteiger partial charge in [-0.2, -0.15) is 0 Å². The molecule has 0 aliphatic carbocycles. The molecule has 0 bridgehead atoms. The first-order valence-electron chi connectivity index (χ1n) is 5.60. The first-order chi connectivity index (χ1) is 8.02. The summed E-state index contributed by atoms with van der Waals surface area (Å²) in [5, 5.41) is 19.7. The second-order valence-electron chi connectivity index (χ2n) is 4.35. The number of aromatic hydroxyl groups is 2. The third kappa shape index (κ3) is 1.86. The largest absolute Gasteiger partial charge is 0.508 e. The summed E-state index contributed by atoms with van der Waals surface area (Å²) in [6, 6.07) is 9.30. The molecule has 0 aromatic heterocycles. The highest BCUT2D eigenvalue weighted by molar-refractivity contribution is 5.74. The molecule has 0 aliphatic heterocycles. The third-order valence-electron chi connectivity index (χ3n) is 3.23. The fraction of sp³-hybridized carbons (Fsp3) is 0.200. The van der Waals surface area contributed by atoms with Crippen LogP contribution in [0.25, 0.3) is 11.1 Å². The maximum atomic E-state index is 9.95. The zero-order chi connectivity index (χ0) is 12.6. The van der Waals surface area contributed by atoms with E-state index < -0.39 is 0 Å². The van der Waals surface area contributed by atoms with Gasteiger partial charge >= 0.3 is 0 Å². The molecule has 88 valence electrons. The fourth-order valence-electron chi connectivity index (χ4n) is 2.04. The molecule has 0 atom stereocenters. The standard InChI is InChI=1S/C15H16O2/c1-9-7-8-13(11(3)15(9)17)12-5-4-6-14(16)10(12)2/h4-8,16-17H,1-3H3. The van der Waals surface area contributed by atoms with E-state index in [9.17, 15) is 10.2 Å². The van der Waals surface area contributed by atoms with Crippen LogP contribution in [0.5, 0.6) is 11.5 Å². The van der Waals surface area contributed by atoms with Gasteiger partial charge in [-0.3, -0.25) is 0 Å². The maximum absolute atomic E-state index is 9.95. The minimum atomic E-state index is 0.280. The molecular formula is C15H16O2. The Kier molecular flexibility index (Phi) is 2.80. The van der Waals surface area contributed by atoms with E-state index in [-0.39, 0.29) is 5.75 Å². The lowest BCUT2D eigenvalue weighted by Crippen LogP contribution is -1.89. The van der Waals surface area contributed by atoms with Crippen molar-refractivity contribution in [3.8, 4) is 22.6 Å². The summed E-state index contributed by atoms with van der Waals surface area (Å²) in [6.07, 6.45) is 0. The quantitative estimate of drug-likeness (QED) is 0.781. The van der Waals surface area contributed by atoms with Gasteiger partial charge in [-0.15, -0.1) is 0 Å². The molecule has 0 aliphatic rings. The number of phenolic OH excluding ortho intramolecular Hbond substituents is 2. The SMILES string of the molecule is Cc1ccc(-c2cccc(O)c2C)c(C)c1O. The first kappa shape index (κ1) is 11.5. The molecule has 2 rings (SSSR count). The van der Waals surface area contributed by atoms with E-state index in [1.54, 1.807) is 6.07 Å². The summed E-state index contributed by atoms with van der Waals surface area (Å²) >= 11 is 0. The Hall–Kier alpha value is -1.96. The topological polar surface area (TPSA) is 40.5 Å². The van der Waals surface area contributed by atoms with Gasteiger partial charge in [0.25, 0.3) is 0 Å². The van der Waals surface area contributed by atoms with Crippen molar-refractivity contribution in [2.24, 2.45) is 0 Å². The number of benzene rings is 2. The van der Waals surface area contributed by atoms with Crippen molar-refractivity contribution in [1.29, 1.82) is 0 Å². The zero-order valence-corrected chi connectivity index (χ0v) is 10.3. The summed E-state index contributed by atoms with van der Waals surface area (Å²) < 4.78 is 0. The van der Waals surface area contributed by atoms with E-state index in [0.29, 0.717) is 5.75 Å². The number of hydrogen-bond donors (Lipinski definition) is 2. The molecule has 0 saturated heterocycles. The van der Waals surface area contributed by atoms with Crippen molar-refractivity contribution in [2.45, 2.75) is 20.8 Å². The predicted octanol–water partition coefficient (Wildman–Crippen LogP) is 3.69. The molecule has 0 unspecified atom stereocenters. The van der Waals surface area contributed by atoms with Gasteiger partial charge in [0.15, 0.2) is 0 Å². The Morgan fingerprint density at radius 2 is 1.41 bits per heavy atom. The molecule has 0 heterocycles. The normalized spacial score (nSPS) is 10.5. The fourth-order valence-corrected chi connectivity index (χ4v) is 2.04. The number of rotatable bonds is 1. The van der Waals surface area contributed by atoms with E-state index in [1.807, 2.05) is 45.0 Å². The number of hydrogen-bond acceptors (Lipinski definition) is 2. The lowest BCUT2D eigenvalue weighted by Gasteiger charge is -2.13. The van der Waals surface area contributed by atoms with Crippen LogP contribution in [0.15, 0.2) is 30.3 Å². The lowest BCUT2D eigenvalue weighted by molar-refractivity contribution is 0.466. The molecule has 2 aromatic rings. The maximum Gasteiger partial charge on any atom is 0.122 e. The van der Waals surface area contributed by atoms with Gasteiger partial charge in [-0.1, -0.05) is 24.3 Å². The highest BCUT2D eigenvalue weighted by Crippen LogP contribution is 2.35. The Morgan fingerprint density at radius 1 is 0.765 bits per heavy atom. The second-order valence-corrected chi connectivity index (χ2v) is 4.35. The van der Waals surface area contributed by atoms with Crippen LogP contribution in [0.4, 0.5) is 0 Å². The van der Waals surface area contributed by atoms with Gasteiger partial charge < -0.3 is 10.2 Å². The van der Waals surface area contributed by atoms with Crippen molar-refractivity contribution in [3.63, 3.8) is 0 Å². The van der Waals surface area contributed by atoms with Crippen LogP contribution < -0.4 is 0 Å². The van der Waals surface area contributed by atoms with Crippen LogP contribution in [0.3, 0.4) is 0 Å². The third-order valence-corrected chi connectivity index (χ3v) is 3.23. The van der Waals surface area contributed by atoms with E-state index in [0.717, 1.165) is 27.8 Å². The van der Waals surface area contributed by atoms with Crippen LogP contribution in [0, 0.1) is 20.8 Å². The van der Waals surface area contributed by atoms with Gasteiger partial charge in [0.2, 0.25) is 0 Å². The van der Waals surface area contributed by atoms with Crippen molar-refractivity contribution in [3.05, 3.63) is 47.0 Å². The molecule has 0 amide bonds. The average molecular weight is 228 g/mol. The molecule has 0 radical (unpaired) electrons. The monoisotopic (exact) mass is 228 g/mol. The van der Waals surface area contributed by atoms with Gasteiger partial charge in [0.1, 0.15) is 11.5 Å². The molecule has 0 saturated carbocycles. The smallest absolute Gasteiger partial charge is 0.122 e. The van der Waals surface area contributed by atoms with Crippen molar-refractivity contribution in [2.75, 3.05) is 0 Å². The van der Waals surface area contributed by atoms with Crippen LogP contribution >= 0.6 is 0 Å². The number of phenols is 2. The molecule has 0 spiro atoms. The Balaban J connectivity index is 2.69. The molecule has 0 fully saturated rings. The lowest BCUT2D eigenvalue weighted by atomic mass is 9.94. The number of aryl methyl sites for hydroxylation is 1. The van der Waals surface area contributed by atoms with Crippen LogP contribution in [0.1, 0.15) is 16.7 Å². The molecular weight excluding hydrogens is 212 g/mol. The van der Waals surface area contributed by atoms with E-state index in [4.69, 9.17) is 0 Å². The van der Waals surface area contributed by atoms with Gasteiger partial charge in [0.05, 0.1) is 0 Å². The predicted molar refractivity (Wildman–Crippen MR) is 69.4 cm³/mol. The molecule has 2 heteroatoms. The minimum Gasteiger partial charge on any atom is -0.508 e. The summed E-state index contributed by atoms with van der Waals surface area (Å²) in [6.45, 7) is 5.64. The molecule has 2 N–H and O–H groups in total. The van der Waals surface area contributed by atoms with Gasteiger partial charge in [0, 0.05) is 0 Å². The van der Waals surface area contributed by atoms with E-state index in [2.05, 4.69) is 0 Å². The molecule has 2 nitrogen and oxygen atoms in total. The average Bonchev–Trinajstić information content (AvgIpc) is 2.31. The Morgan fingerprint density at radius 3 is 2.12 bits per heavy atom. The van der Waals surface area contributed by atoms with Crippen molar-refractivity contribution >= 4 is 0 Å². The van der Waals surface area contributed by atoms with Crippen LogP contribution in [-0.4, -0.2) is 10.2 Å². The van der Waals surface area contributed by atoms with E-state index in [1.165, 1.54) is 0 Å². The van der Waals surface area contributed by atoms with Gasteiger partial charge in [-0.25, -0.2) is 0 Å². The van der Waals surface area contributed by atoms with E-state index >= 15 is 0 Å². The minimum absolute atomic E-state index is 0.280. The summed E-state index contributed by atoms with van der Waals surface area (Å²) in [7, 11) is 0. The van der Waals surface area contributed by atoms with Crippen LogP contribution in [-0.2, 0) is 0 Å². The molecule has 17 heavy (non-hydrogen) atoms. The highest BCUT2D eigenvalue weighted by atomic mass is 16.3. The first-order valence-corrected chi connectivity index (χ1v) is 5.60. The summed E-state index contributed by atoms with van der Waals surface area (Å²) in [5.74, 6) is 0.604. The summed E-state index contributed by atoms with van der Waals surface area (Å²) in [4.78, 5) is 0. The van der Waals surface area contributed by atoms with Crippen molar-refractivity contribution in [1.82, 2.24) is 0 Å². The Labute approximate surface area is 101 Å². The Bertz CT molecular complexity index is 571. The molecule has 2 aromatic carbocycles. The van der Waals surface area contributed by atoms with Crippen molar-refractivity contribution < 1.29 is 10.2 Å². The summed E-state index contributed by atoms with van der Waals surface area (Å²) in [5.41, 5.74) is 4.46. The zero-order valence-electron chi connectivity index (χ0n) is 10.3. The van der Waals surface area contributed by atoms with Crippen LogP contribution in [0.2, 0.25) is 0 Å². The second kappa shape index (κ2) is 4.13. The highest BCUT2D eigenvalue weighted by Gasteiger charge is 2.11.